The number of nitrogens with one attached hydrogen (secondary N) is 1. The van der Waals surface area contributed by atoms with Crippen LogP contribution in [0.25, 0.3) is 0 Å². The van der Waals surface area contributed by atoms with Crippen LogP contribution in [-0.4, -0.2) is 25.8 Å². The van der Waals surface area contributed by atoms with E-state index in [1.54, 1.807) is 26.5 Å². The maximum Gasteiger partial charge on any atom is 0.213 e. The Balaban J connectivity index is 2.11. The van der Waals surface area contributed by atoms with Crippen molar-refractivity contribution in [3.05, 3.63) is 41.0 Å². The first kappa shape index (κ1) is 16.2. The molecule has 5 nitrogen and oxygen atoms in total. The molecule has 2 rings (SSSR count). The van der Waals surface area contributed by atoms with Gasteiger partial charge < -0.3 is 19.5 Å². The average molecular weight is 323 g/mol. The fraction of sp³-hybridized carbons (Fsp3) is 0.312. The number of hydrogen-bond acceptors (Lipinski definition) is 5. The van der Waals surface area contributed by atoms with Crippen molar-refractivity contribution >= 4 is 17.3 Å². The van der Waals surface area contributed by atoms with E-state index in [4.69, 9.17) is 25.8 Å². The van der Waals surface area contributed by atoms with Crippen LogP contribution in [-0.2, 0) is 6.54 Å². The molecule has 0 spiro atoms. The predicted octanol–water partition coefficient (Wildman–Crippen LogP) is 3.76. The minimum absolute atomic E-state index is 0.526. The van der Waals surface area contributed by atoms with Gasteiger partial charge in [0.2, 0.25) is 5.88 Å². The Morgan fingerprint density at radius 3 is 2.59 bits per heavy atom. The summed E-state index contributed by atoms with van der Waals surface area (Å²) in [6.45, 7) is 3.06. The second-order valence-corrected chi connectivity index (χ2v) is 4.89. The van der Waals surface area contributed by atoms with Crippen LogP contribution in [0.15, 0.2) is 30.5 Å². The smallest absolute Gasteiger partial charge is 0.213 e. The van der Waals surface area contributed by atoms with Crippen LogP contribution in [0.2, 0.25) is 5.02 Å². The molecule has 0 aliphatic carbocycles. The molecule has 2 aromatic rings. The number of pyridine rings is 1. The van der Waals surface area contributed by atoms with Gasteiger partial charge in [-0.25, -0.2) is 4.98 Å². The first-order chi connectivity index (χ1) is 10.7. The molecule has 0 atom stereocenters. The Kier molecular flexibility index (Phi) is 5.72. The number of anilines is 1. The molecule has 1 N–H and O–H groups in total. The van der Waals surface area contributed by atoms with E-state index in [1.807, 2.05) is 25.1 Å². The van der Waals surface area contributed by atoms with Gasteiger partial charge in [0.25, 0.3) is 0 Å². The molecule has 0 aliphatic heterocycles. The third kappa shape index (κ3) is 3.95. The van der Waals surface area contributed by atoms with Crippen LogP contribution in [0.4, 0.5) is 5.69 Å². The monoisotopic (exact) mass is 322 g/mol. The molecule has 6 heteroatoms. The first-order valence-corrected chi connectivity index (χ1v) is 7.28. The maximum atomic E-state index is 6.23. The van der Waals surface area contributed by atoms with E-state index in [2.05, 4.69) is 10.3 Å². The topological polar surface area (TPSA) is 52.6 Å². The molecule has 0 radical (unpaired) electrons. The molecule has 1 aromatic carbocycles. The Bertz CT molecular complexity index is 618. The van der Waals surface area contributed by atoms with Crippen LogP contribution in [0, 0.1) is 0 Å². The van der Waals surface area contributed by atoms with Gasteiger partial charge in [-0.1, -0.05) is 11.6 Å². The van der Waals surface area contributed by atoms with E-state index >= 15 is 0 Å². The van der Waals surface area contributed by atoms with E-state index in [-0.39, 0.29) is 0 Å². The lowest BCUT2D eigenvalue weighted by molar-refractivity contribution is 0.310. The number of halogens is 1. The highest BCUT2D eigenvalue weighted by molar-refractivity contribution is 6.32. The summed E-state index contributed by atoms with van der Waals surface area (Å²) >= 11 is 6.23. The van der Waals surface area contributed by atoms with Gasteiger partial charge in [0.15, 0.2) is 11.5 Å². The second kappa shape index (κ2) is 7.75. The van der Waals surface area contributed by atoms with Gasteiger partial charge >= 0.3 is 0 Å². The molecule has 0 amide bonds. The van der Waals surface area contributed by atoms with E-state index in [9.17, 15) is 0 Å². The van der Waals surface area contributed by atoms with Gasteiger partial charge in [0.05, 0.1) is 37.7 Å². The van der Waals surface area contributed by atoms with Gasteiger partial charge in [-0.2, -0.15) is 0 Å². The Morgan fingerprint density at radius 2 is 2.00 bits per heavy atom. The van der Waals surface area contributed by atoms with Gasteiger partial charge in [0.1, 0.15) is 0 Å². The zero-order valence-electron chi connectivity index (χ0n) is 12.9. The fourth-order valence-corrected chi connectivity index (χ4v) is 2.30. The van der Waals surface area contributed by atoms with Crippen molar-refractivity contribution in [1.29, 1.82) is 0 Å². The number of nitrogens with zero attached hydrogens (tertiary/aromatic N) is 1. The molecule has 0 saturated heterocycles. The normalized spacial score (nSPS) is 10.2. The number of ether oxygens (including phenoxy) is 3. The van der Waals surface area contributed by atoms with Gasteiger partial charge in [-0.3, -0.25) is 0 Å². The Labute approximate surface area is 135 Å². The average Bonchev–Trinajstić information content (AvgIpc) is 2.53. The molecule has 118 valence electrons. The van der Waals surface area contributed by atoms with Crippen molar-refractivity contribution in [3.63, 3.8) is 0 Å². The standard InChI is InChI=1S/C16H19ClN2O3/c1-4-22-14-8-11(7-13(17)16(14)21-3)9-18-12-5-6-15(20-2)19-10-12/h5-8,10,18H,4,9H2,1-3H3. The van der Waals surface area contributed by atoms with Gasteiger partial charge in [-0.05, 0) is 30.7 Å². The van der Waals surface area contributed by atoms with Crippen molar-refractivity contribution in [2.45, 2.75) is 13.5 Å². The first-order valence-electron chi connectivity index (χ1n) is 6.91. The molecular weight excluding hydrogens is 304 g/mol. The van der Waals surface area contributed by atoms with Crippen molar-refractivity contribution < 1.29 is 14.2 Å². The number of hydrogen-bond donors (Lipinski definition) is 1. The van der Waals surface area contributed by atoms with Gasteiger partial charge in [-0.15, -0.1) is 0 Å². The number of benzene rings is 1. The lowest BCUT2D eigenvalue weighted by Gasteiger charge is -2.14. The SMILES string of the molecule is CCOc1cc(CNc2ccc(OC)nc2)cc(Cl)c1OC. The molecule has 1 heterocycles. The highest BCUT2D eigenvalue weighted by Gasteiger charge is 2.11. The lowest BCUT2D eigenvalue weighted by atomic mass is 10.2. The summed E-state index contributed by atoms with van der Waals surface area (Å²) in [6.07, 6.45) is 1.72. The largest absolute Gasteiger partial charge is 0.491 e. The molecule has 0 bridgehead atoms. The second-order valence-electron chi connectivity index (χ2n) is 4.48. The van der Waals surface area contributed by atoms with Crippen molar-refractivity contribution in [1.82, 2.24) is 4.98 Å². The van der Waals surface area contributed by atoms with Crippen molar-refractivity contribution in [2.75, 3.05) is 26.1 Å². The van der Waals surface area contributed by atoms with E-state index in [0.717, 1.165) is 11.3 Å². The van der Waals surface area contributed by atoms with Crippen molar-refractivity contribution in [3.8, 4) is 17.4 Å². The van der Waals surface area contributed by atoms with Crippen LogP contribution < -0.4 is 19.5 Å². The van der Waals surface area contributed by atoms with Crippen LogP contribution >= 0.6 is 11.6 Å². The summed E-state index contributed by atoms with van der Waals surface area (Å²) in [5, 5.41) is 3.80. The van der Waals surface area contributed by atoms with E-state index in [0.29, 0.717) is 35.6 Å². The van der Waals surface area contributed by atoms with Gasteiger partial charge in [0, 0.05) is 12.6 Å². The summed E-state index contributed by atoms with van der Waals surface area (Å²) in [5.74, 6) is 1.78. The minimum Gasteiger partial charge on any atom is -0.491 e. The van der Waals surface area contributed by atoms with Crippen molar-refractivity contribution in [2.24, 2.45) is 0 Å². The molecule has 0 saturated carbocycles. The highest BCUT2D eigenvalue weighted by Crippen LogP contribution is 2.36. The van der Waals surface area contributed by atoms with Crippen LogP contribution in [0.3, 0.4) is 0 Å². The predicted molar refractivity (Wildman–Crippen MR) is 87.3 cm³/mol. The number of aromatic nitrogens is 1. The summed E-state index contributed by atoms with van der Waals surface area (Å²) in [4.78, 5) is 4.15. The molecule has 0 fully saturated rings. The fourth-order valence-electron chi connectivity index (χ4n) is 1.99. The van der Waals surface area contributed by atoms with Crippen LogP contribution in [0.5, 0.6) is 17.4 Å². The highest BCUT2D eigenvalue weighted by atomic mass is 35.5. The zero-order valence-corrected chi connectivity index (χ0v) is 13.6. The summed E-state index contributed by atoms with van der Waals surface area (Å²) < 4.78 is 15.9. The maximum absolute atomic E-state index is 6.23. The Hall–Kier alpha value is -2.14. The third-order valence-electron chi connectivity index (χ3n) is 3.02. The van der Waals surface area contributed by atoms with Crippen LogP contribution in [0.1, 0.15) is 12.5 Å². The minimum atomic E-state index is 0.526. The number of rotatable bonds is 7. The molecular formula is C16H19ClN2O3. The molecule has 0 unspecified atom stereocenters. The molecule has 0 aliphatic rings. The number of methoxy groups -OCH3 is 2. The molecule has 1 aromatic heterocycles. The zero-order chi connectivity index (χ0) is 15.9. The quantitative estimate of drug-likeness (QED) is 0.841. The lowest BCUT2D eigenvalue weighted by Crippen LogP contribution is -2.02. The van der Waals surface area contributed by atoms with E-state index in [1.165, 1.54) is 0 Å². The summed E-state index contributed by atoms with van der Waals surface area (Å²) in [5.41, 5.74) is 1.88. The third-order valence-corrected chi connectivity index (χ3v) is 3.30. The molecule has 22 heavy (non-hydrogen) atoms. The Morgan fingerprint density at radius 1 is 1.18 bits per heavy atom. The summed E-state index contributed by atoms with van der Waals surface area (Å²) in [7, 11) is 3.16. The van der Waals surface area contributed by atoms with E-state index < -0.39 is 0 Å². The summed E-state index contributed by atoms with van der Waals surface area (Å²) in [6, 6.07) is 7.47.